The van der Waals surface area contributed by atoms with Crippen LogP contribution in [0.15, 0.2) is 18.2 Å². The molecule has 1 aliphatic heterocycles. The van der Waals surface area contributed by atoms with Gasteiger partial charge in [0.05, 0.1) is 11.3 Å². The van der Waals surface area contributed by atoms with Gasteiger partial charge in [0, 0.05) is 29.7 Å². The first kappa shape index (κ1) is 14.6. The summed E-state index contributed by atoms with van der Waals surface area (Å²) >= 11 is 1.69. The molecule has 7 heteroatoms. The first-order valence-corrected chi connectivity index (χ1v) is 7.46. The summed E-state index contributed by atoms with van der Waals surface area (Å²) in [6, 6.07) is 4.98. The van der Waals surface area contributed by atoms with E-state index >= 15 is 0 Å². The summed E-state index contributed by atoms with van der Waals surface area (Å²) in [4.78, 5) is 23.7. The maximum absolute atomic E-state index is 11.3. The molecule has 1 aromatic rings. The zero-order valence-electron chi connectivity index (χ0n) is 11.1. The fourth-order valence-electron chi connectivity index (χ4n) is 2.46. The third kappa shape index (κ3) is 3.04. The Balaban J connectivity index is 2.39. The fraction of sp³-hybridized carbons (Fsp3) is 0.462. The van der Waals surface area contributed by atoms with Crippen molar-refractivity contribution in [3.63, 3.8) is 0 Å². The number of carboxylic acid groups (broad SMARTS) is 1. The number of rotatable bonds is 4. The summed E-state index contributed by atoms with van der Waals surface area (Å²) < 4.78 is 0. The monoisotopic (exact) mass is 296 g/mol. The Bertz CT molecular complexity index is 535. The Morgan fingerprint density at radius 1 is 1.60 bits per heavy atom. The van der Waals surface area contributed by atoms with E-state index in [1.165, 1.54) is 0 Å². The second-order valence-electron chi connectivity index (χ2n) is 4.72. The lowest BCUT2D eigenvalue weighted by Gasteiger charge is -2.36. The van der Waals surface area contributed by atoms with Gasteiger partial charge < -0.3 is 10.0 Å². The number of nitro benzene ring substituents is 1. The summed E-state index contributed by atoms with van der Waals surface area (Å²) in [7, 11) is 0. The van der Waals surface area contributed by atoms with Gasteiger partial charge in [-0.2, -0.15) is 11.8 Å². The van der Waals surface area contributed by atoms with Gasteiger partial charge in [-0.1, -0.05) is 12.1 Å². The predicted octanol–water partition coefficient (Wildman–Crippen LogP) is 2.30. The van der Waals surface area contributed by atoms with Crippen LogP contribution in [0.25, 0.3) is 0 Å². The number of para-hydroxylation sites is 1. The highest BCUT2D eigenvalue weighted by atomic mass is 32.2. The molecule has 0 radical (unpaired) electrons. The largest absolute Gasteiger partial charge is 0.481 e. The number of benzene rings is 1. The summed E-state index contributed by atoms with van der Waals surface area (Å²) in [5.74, 6) is 0.649. The van der Waals surface area contributed by atoms with Crippen LogP contribution in [0, 0.1) is 17.0 Å². The molecule has 2 rings (SSSR count). The molecule has 20 heavy (non-hydrogen) atoms. The Morgan fingerprint density at radius 3 is 3.00 bits per heavy atom. The standard InChI is InChI=1S/C13H16N2O4S/c1-9-3-2-4-11(13(9)15(18)19)14-5-6-20-8-10(14)7-12(16)17/h2-4,10H,5-8H2,1H3,(H,16,17). The van der Waals surface area contributed by atoms with E-state index in [-0.39, 0.29) is 23.1 Å². The maximum Gasteiger partial charge on any atom is 0.305 e. The normalized spacial score (nSPS) is 18.9. The van der Waals surface area contributed by atoms with Crippen LogP contribution in [0.2, 0.25) is 0 Å². The number of nitro groups is 1. The van der Waals surface area contributed by atoms with E-state index in [1.807, 2.05) is 4.90 Å². The molecule has 0 aliphatic carbocycles. The van der Waals surface area contributed by atoms with Crippen molar-refractivity contribution >= 4 is 29.1 Å². The smallest absolute Gasteiger partial charge is 0.305 e. The lowest BCUT2D eigenvalue weighted by Crippen LogP contribution is -2.44. The van der Waals surface area contributed by atoms with Gasteiger partial charge in [-0.15, -0.1) is 0 Å². The Kier molecular flexibility index (Phi) is 4.49. The van der Waals surface area contributed by atoms with Gasteiger partial charge in [0.25, 0.3) is 5.69 Å². The van der Waals surface area contributed by atoms with E-state index in [0.29, 0.717) is 23.5 Å². The molecule has 1 aromatic carbocycles. The molecule has 1 N–H and O–H groups in total. The third-order valence-electron chi connectivity index (χ3n) is 3.35. The van der Waals surface area contributed by atoms with Crippen molar-refractivity contribution < 1.29 is 14.8 Å². The number of thioether (sulfide) groups is 1. The average Bonchev–Trinajstić information content (AvgIpc) is 2.38. The van der Waals surface area contributed by atoms with Gasteiger partial charge in [0.1, 0.15) is 5.69 Å². The number of nitrogens with zero attached hydrogens (tertiary/aromatic N) is 2. The quantitative estimate of drug-likeness (QED) is 0.678. The van der Waals surface area contributed by atoms with Gasteiger partial charge in [-0.25, -0.2) is 0 Å². The van der Waals surface area contributed by atoms with Crippen LogP contribution in [0.4, 0.5) is 11.4 Å². The molecule has 0 aromatic heterocycles. The lowest BCUT2D eigenvalue weighted by atomic mass is 10.1. The Labute approximate surface area is 120 Å². The number of aliphatic carboxylic acids is 1. The summed E-state index contributed by atoms with van der Waals surface area (Å²) in [6.07, 6.45) is -0.00189. The van der Waals surface area contributed by atoms with E-state index in [4.69, 9.17) is 5.11 Å². The van der Waals surface area contributed by atoms with Crippen LogP contribution >= 0.6 is 11.8 Å². The average molecular weight is 296 g/mol. The molecule has 6 nitrogen and oxygen atoms in total. The van der Waals surface area contributed by atoms with Gasteiger partial charge in [0.2, 0.25) is 0 Å². The van der Waals surface area contributed by atoms with Crippen molar-refractivity contribution in [2.75, 3.05) is 23.0 Å². The van der Waals surface area contributed by atoms with Crippen molar-refractivity contribution in [3.05, 3.63) is 33.9 Å². The van der Waals surface area contributed by atoms with E-state index in [1.54, 1.807) is 36.9 Å². The maximum atomic E-state index is 11.3. The minimum absolute atomic E-state index is 0.00189. The molecule has 0 amide bonds. The molecule has 0 bridgehead atoms. The first-order valence-electron chi connectivity index (χ1n) is 6.31. The molecule has 1 fully saturated rings. The highest BCUT2D eigenvalue weighted by Crippen LogP contribution is 2.35. The predicted molar refractivity (Wildman–Crippen MR) is 78.5 cm³/mol. The minimum Gasteiger partial charge on any atom is -0.481 e. The molecule has 0 saturated carbocycles. The molecule has 1 atom stereocenters. The van der Waals surface area contributed by atoms with Crippen LogP contribution in [0.5, 0.6) is 0 Å². The summed E-state index contributed by atoms with van der Waals surface area (Å²) in [5.41, 5.74) is 1.20. The molecular weight excluding hydrogens is 280 g/mol. The van der Waals surface area contributed by atoms with Crippen LogP contribution in [0.3, 0.4) is 0 Å². The molecule has 1 aliphatic rings. The Hall–Kier alpha value is -1.76. The van der Waals surface area contributed by atoms with Crippen molar-refractivity contribution in [1.82, 2.24) is 0 Å². The number of anilines is 1. The van der Waals surface area contributed by atoms with Crippen molar-refractivity contribution in [2.45, 2.75) is 19.4 Å². The minimum atomic E-state index is -0.877. The number of hydrogen-bond donors (Lipinski definition) is 1. The van der Waals surface area contributed by atoms with Crippen LogP contribution < -0.4 is 4.90 Å². The number of carboxylic acids is 1. The molecule has 1 heterocycles. The van der Waals surface area contributed by atoms with E-state index in [0.717, 1.165) is 5.75 Å². The van der Waals surface area contributed by atoms with Crippen LogP contribution in [0.1, 0.15) is 12.0 Å². The third-order valence-corrected chi connectivity index (χ3v) is 4.44. The second-order valence-corrected chi connectivity index (χ2v) is 5.87. The molecular formula is C13H16N2O4S. The number of carbonyl (C=O) groups is 1. The summed E-state index contributed by atoms with van der Waals surface area (Å²) in [5, 5.41) is 20.3. The van der Waals surface area contributed by atoms with E-state index in [2.05, 4.69) is 0 Å². The lowest BCUT2D eigenvalue weighted by molar-refractivity contribution is -0.384. The van der Waals surface area contributed by atoms with Gasteiger partial charge in [-0.3, -0.25) is 14.9 Å². The van der Waals surface area contributed by atoms with Crippen molar-refractivity contribution in [3.8, 4) is 0 Å². The van der Waals surface area contributed by atoms with Crippen molar-refractivity contribution in [2.24, 2.45) is 0 Å². The number of aryl methyl sites for hydroxylation is 1. The van der Waals surface area contributed by atoms with E-state index < -0.39 is 5.97 Å². The topological polar surface area (TPSA) is 83.7 Å². The second kappa shape index (κ2) is 6.13. The summed E-state index contributed by atoms with van der Waals surface area (Å²) in [6.45, 7) is 2.33. The zero-order valence-corrected chi connectivity index (χ0v) is 11.9. The van der Waals surface area contributed by atoms with Gasteiger partial charge >= 0.3 is 5.97 Å². The molecule has 1 unspecified atom stereocenters. The van der Waals surface area contributed by atoms with Gasteiger partial charge in [0.15, 0.2) is 0 Å². The highest BCUT2D eigenvalue weighted by Gasteiger charge is 2.30. The molecule has 1 saturated heterocycles. The van der Waals surface area contributed by atoms with Gasteiger partial charge in [-0.05, 0) is 13.0 Å². The van der Waals surface area contributed by atoms with Crippen molar-refractivity contribution in [1.29, 1.82) is 0 Å². The van der Waals surface area contributed by atoms with Crippen LogP contribution in [-0.4, -0.2) is 40.1 Å². The van der Waals surface area contributed by atoms with E-state index in [9.17, 15) is 14.9 Å². The first-order chi connectivity index (χ1) is 9.50. The molecule has 108 valence electrons. The Morgan fingerprint density at radius 2 is 2.35 bits per heavy atom. The van der Waals surface area contributed by atoms with Crippen LogP contribution in [-0.2, 0) is 4.79 Å². The number of hydrogen-bond acceptors (Lipinski definition) is 5. The SMILES string of the molecule is Cc1cccc(N2CCSCC2CC(=O)O)c1[N+](=O)[O-]. The molecule has 0 spiro atoms. The fourth-order valence-corrected chi connectivity index (χ4v) is 3.52. The zero-order chi connectivity index (χ0) is 14.7. The highest BCUT2D eigenvalue weighted by molar-refractivity contribution is 7.99.